The highest BCUT2D eigenvalue weighted by molar-refractivity contribution is 5.91. The van der Waals surface area contributed by atoms with Crippen molar-refractivity contribution >= 4 is 11.6 Å². The van der Waals surface area contributed by atoms with Crippen molar-refractivity contribution in [3.05, 3.63) is 36.9 Å². The number of carbonyl (C=O) groups is 1. The summed E-state index contributed by atoms with van der Waals surface area (Å²) in [7, 11) is 0. The van der Waals surface area contributed by atoms with Crippen LogP contribution >= 0.6 is 0 Å². The summed E-state index contributed by atoms with van der Waals surface area (Å²) in [6, 6.07) is 7.45. The smallest absolute Gasteiger partial charge is 0.227 e. The molecule has 1 unspecified atom stereocenters. The maximum Gasteiger partial charge on any atom is 0.227 e. The van der Waals surface area contributed by atoms with Crippen molar-refractivity contribution in [2.24, 2.45) is 0 Å². The van der Waals surface area contributed by atoms with E-state index in [1.54, 1.807) is 6.20 Å². The average molecular weight is 287 g/mol. The number of amides is 1. The minimum Gasteiger partial charge on any atom is -0.444 e. The summed E-state index contributed by atoms with van der Waals surface area (Å²) in [5.41, 5.74) is 1.68. The largest absolute Gasteiger partial charge is 0.444 e. The van der Waals surface area contributed by atoms with E-state index in [-0.39, 0.29) is 12.0 Å². The number of nitrogens with zero attached hydrogens (tertiary/aromatic N) is 1. The summed E-state index contributed by atoms with van der Waals surface area (Å²) in [5.74, 6) is 0.658. The molecule has 0 radical (unpaired) electrons. The van der Waals surface area contributed by atoms with Crippen LogP contribution in [0.5, 0.6) is 0 Å². The Morgan fingerprint density at radius 1 is 1.38 bits per heavy atom. The van der Waals surface area contributed by atoms with Gasteiger partial charge < -0.3 is 19.8 Å². The predicted molar refractivity (Wildman–Crippen MR) is 77.8 cm³/mol. The fourth-order valence-corrected chi connectivity index (χ4v) is 2.25. The number of benzene rings is 1. The summed E-state index contributed by atoms with van der Waals surface area (Å²) >= 11 is 0. The molecule has 2 N–H and O–H groups in total. The Bertz CT molecular complexity index is 575. The highest BCUT2D eigenvalue weighted by Gasteiger charge is 2.17. The normalized spacial score (nSPS) is 18.4. The van der Waals surface area contributed by atoms with E-state index in [0.717, 1.165) is 24.3 Å². The molecule has 3 rings (SSSR count). The van der Waals surface area contributed by atoms with Gasteiger partial charge in [-0.05, 0) is 24.3 Å². The van der Waals surface area contributed by atoms with Crippen molar-refractivity contribution in [1.82, 2.24) is 10.3 Å². The lowest BCUT2D eigenvalue weighted by Crippen LogP contribution is -2.40. The van der Waals surface area contributed by atoms with Crippen molar-refractivity contribution in [1.29, 1.82) is 0 Å². The third-order valence-electron chi connectivity index (χ3n) is 3.30. The Labute approximate surface area is 122 Å². The Kier molecular flexibility index (Phi) is 4.28. The average Bonchev–Trinajstić information content (AvgIpc) is 3.03. The molecular formula is C15H17N3O3. The van der Waals surface area contributed by atoms with Crippen LogP contribution in [0.25, 0.3) is 11.3 Å². The molecular weight excluding hydrogens is 270 g/mol. The van der Waals surface area contributed by atoms with Crippen molar-refractivity contribution < 1.29 is 13.9 Å². The van der Waals surface area contributed by atoms with Crippen LogP contribution in [0, 0.1) is 0 Å². The van der Waals surface area contributed by atoms with E-state index in [9.17, 15) is 4.79 Å². The van der Waals surface area contributed by atoms with Crippen LogP contribution in [0.1, 0.15) is 6.42 Å². The van der Waals surface area contributed by atoms with Gasteiger partial charge in [-0.15, -0.1) is 0 Å². The van der Waals surface area contributed by atoms with Gasteiger partial charge in [-0.1, -0.05) is 0 Å². The fraction of sp³-hybridized carbons (Fsp3) is 0.333. The molecule has 6 heteroatoms. The van der Waals surface area contributed by atoms with E-state index >= 15 is 0 Å². The molecule has 0 bridgehead atoms. The van der Waals surface area contributed by atoms with Crippen LogP contribution in [-0.4, -0.2) is 36.7 Å². The number of aromatic nitrogens is 1. The summed E-state index contributed by atoms with van der Waals surface area (Å²) in [4.78, 5) is 15.8. The van der Waals surface area contributed by atoms with Crippen molar-refractivity contribution in [2.75, 3.05) is 25.0 Å². The maximum absolute atomic E-state index is 11.9. The second-order valence-electron chi connectivity index (χ2n) is 4.89. The molecule has 1 amide bonds. The number of hydrogen-bond acceptors (Lipinski definition) is 5. The zero-order valence-corrected chi connectivity index (χ0v) is 11.5. The molecule has 1 aromatic heterocycles. The first-order chi connectivity index (χ1) is 10.3. The van der Waals surface area contributed by atoms with Gasteiger partial charge in [0.2, 0.25) is 5.91 Å². The molecule has 6 nitrogen and oxygen atoms in total. The number of nitrogens with one attached hydrogen (secondary N) is 2. The molecule has 0 aliphatic carbocycles. The minimum absolute atomic E-state index is 0.0453. The van der Waals surface area contributed by atoms with Gasteiger partial charge in [0.05, 0.1) is 25.3 Å². The highest BCUT2D eigenvalue weighted by atomic mass is 16.5. The standard InChI is InChI=1S/C15H17N3O3/c19-15(7-13-8-16-5-6-20-13)18-12-3-1-11(2-4-12)14-9-17-10-21-14/h1-4,9-10,13,16H,5-8H2,(H,18,19). The van der Waals surface area contributed by atoms with Crippen LogP contribution in [0.15, 0.2) is 41.3 Å². The maximum atomic E-state index is 11.9. The van der Waals surface area contributed by atoms with Crippen LogP contribution in [0.4, 0.5) is 5.69 Å². The third kappa shape index (κ3) is 3.68. The first-order valence-electron chi connectivity index (χ1n) is 6.92. The molecule has 0 saturated carbocycles. The monoisotopic (exact) mass is 287 g/mol. The van der Waals surface area contributed by atoms with Gasteiger partial charge in [0, 0.05) is 24.3 Å². The first-order valence-corrected chi connectivity index (χ1v) is 6.92. The van der Waals surface area contributed by atoms with Crippen LogP contribution < -0.4 is 10.6 Å². The van der Waals surface area contributed by atoms with E-state index in [4.69, 9.17) is 9.15 Å². The van der Waals surface area contributed by atoms with Crippen LogP contribution in [0.3, 0.4) is 0 Å². The molecule has 110 valence electrons. The van der Waals surface area contributed by atoms with Gasteiger partial charge in [-0.25, -0.2) is 4.98 Å². The first kappa shape index (κ1) is 13.8. The number of rotatable bonds is 4. The van der Waals surface area contributed by atoms with Gasteiger partial charge in [0.25, 0.3) is 0 Å². The van der Waals surface area contributed by atoms with Gasteiger partial charge in [-0.2, -0.15) is 0 Å². The second kappa shape index (κ2) is 6.51. The number of ether oxygens (including phenoxy) is 1. The van der Waals surface area contributed by atoms with E-state index in [0.29, 0.717) is 18.8 Å². The van der Waals surface area contributed by atoms with Crippen molar-refractivity contribution in [3.63, 3.8) is 0 Å². The highest BCUT2D eigenvalue weighted by Crippen LogP contribution is 2.20. The molecule has 1 aliphatic rings. The number of oxazole rings is 1. The molecule has 1 atom stereocenters. The van der Waals surface area contributed by atoms with Gasteiger partial charge >= 0.3 is 0 Å². The Morgan fingerprint density at radius 2 is 2.24 bits per heavy atom. The lowest BCUT2D eigenvalue weighted by Gasteiger charge is -2.23. The van der Waals surface area contributed by atoms with E-state index in [2.05, 4.69) is 15.6 Å². The summed E-state index contributed by atoms with van der Waals surface area (Å²) in [6.45, 7) is 2.23. The number of hydrogen-bond donors (Lipinski definition) is 2. The SMILES string of the molecule is O=C(CC1CNCCO1)Nc1ccc(-c2cnco2)cc1. The third-order valence-corrected chi connectivity index (χ3v) is 3.30. The van der Waals surface area contributed by atoms with Gasteiger partial charge in [0.15, 0.2) is 12.2 Å². The van der Waals surface area contributed by atoms with Crippen molar-refractivity contribution in [2.45, 2.75) is 12.5 Å². The molecule has 1 aliphatic heterocycles. The molecule has 1 aromatic carbocycles. The summed E-state index contributed by atoms with van der Waals surface area (Å²) in [6.07, 6.45) is 3.35. The summed E-state index contributed by atoms with van der Waals surface area (Å²) < 4.78 is 10.7. The minimum atomic E-state index is -0.0489. The number of morpholine rings is 1. The number of anilines is 1. The van der Waals surface area contributed by atoms with Gasteiger partial charge in [-0.3, -0.25) is 4.79 Å². The quantitative estimate of drug-likeness (QED) is 0.894. The molecule has 2 aromatic rings. The second-order valence-corrected chi connectivity index (χ2v) is 4.89. The molecule has 1 saturated heterocycles. The van der Waals surface area contributed by atoms with Crippen LogP contribution in [0.2, 0.25) is 0 Å². The van der Waals surface area contributed by atoms with E-state index < -0.39 is 0 Å². The van der Waals surface area contributed by atoms with Crippen molar-refractivity contribution in [3.8, 4) is 11.3 Å². The number of carbonyl (C=O) groups excluding carboxylic acids is 1. The lowest BCUT2D eigenvalue weighted by atomic mass is 10.1. The molecule has 21 heavy (non-hydrogen) atoms. The van der Waals surface area contributed by atoms with Gasteiger partial charge in [0.1, 0.15) is 0 Å². The Morgan fingerprint density at radius 3 is 2.90 bits per heavy atom. The van der Waals surface area contributed by atoms with E-state index in [1.165, 1.54) is 6.39 Å². The zero-order valence-electron chi connectivity index (χ0n) is 11.5. The van der Waals surface area contributed by atoms with E-state index in [1.807, 2.05) is 24.3 Å². The topological polar surface area (TPSA) is 76.4 Å². The Balaban J connectivity index is 1.56. The molecule has 2 heterocycles. The molecule has 0 spiro atoms. The predicted octanol–water partition coefficient (Wildman–Crippen LogP) is 1.66. The lowest BCUT2D eigenvalue weighted by molar-refractivity contribution is -0.119. The fourth-order valence-electron chi connectivity index (χ4n) is 2.25. The Hall–Kier alpha value is -2.18. The zero-order chi connectivity index (χ0) is 14.5. The summed E-state index contributed by atoms with van der Waals surface area (Å²) in [5, 5.41) is 6.07. The molecule has 1 fully saturated rings. The van der Waals surface area contributed by atoms with Crippen LogP contribution in [-0.2, 0) is 9.53 Å².